The Kier molecular flexibility index (Phi) is 4.84. The van der Waals surface area contributed by atoms with Crippen LogP contribution in [0.5, 0.6) is 0 Å². The highest BCUT2D eigenvalue weighted by molar-refractivity contribution is 7.90. The van der Waals surface area contributed by atoms with Crippen molar-refractivity contribution in [3.63, 3.8) is 0 Å². The Morgan fingerprint density at radius 3 is 2.48 bits per heavy atom. The van der Waals surface area contributed by atoms with Gasteiger partial charge in [-0.2, -0.15) is 4.98 Å². The molecule has 0 aliphatic rings. The topological polar surface area (TPSA) is 96.9 Å². The zero-order chi connectivity index (χ0) is 20.6. The maximum absolute atomic E-state index is 14.1. The van der Waals surface area contributed by atoms with Crippen LogP contribution in [0.25, 0.3) is 10.2 Å². The molecule has 29 heavy (non-hydrogen) atoms. The van der Waals surface area contributed by atoms with E-state index in [0.717, 1.165) is 23.8 Å². The summed E-state index contributed by atoms with van der Waals surface area (Å²) in [7, 11) is -3.30. The number of halogens is 2. The van der Waals surface area contributed by atoms with Crippen LogP contribution in [-0.2, 0) is 9.84 Å². The molecule has 148 valence electrons. The van der Waals surface area contributed by atoms with E-state index in [1.807, 2.05) is 0 Å². The molecule has 0 aliphatic carbocycles. The first-order valence-corrected chi connectivity index (χ1v) is 10.9. The summed E-state index contributed by atoms with van der Waals surface area (Å²) in [4.78, 5) is 12.4. The van der Waals surface area contributed by atoms with E-state index in [9.17, 15) is 17.2 Å². The predicted molar refractivity (Wildman–Crippen MR) is 108 cm³/mol. The van der Waals surface area contributed by atoms with Crippen molar-refractivity contribution in [3.05, 3.63) is 60.3 Å². The average molecular weight is 433 g/mol. The van der Waals surface area contributed by atoms with Gasteiger partial charge in [0.05, 0.1) is 21.3 Å². The highest BCUT2D eigenvalue weighted by atomic mass is 32.2. The summed E-state index contributed by atoms with van der Waals surface area (Å²) in [5.74, 6) is -1.06. The van der Waals surface area contributed by atoms with Crippen molar-refractivity contribution in [1.82, 2.24) is 15.0 Å². The molecule has 0 atom stereocenters. The number of fused-ring (bicyclic) bond motifs is 1. The van der Waals surface area contributed by atoms with Gasteiger partial charge >= 0.3 is 0 Å². The number of hydrogen-bond acceptors (Lipinski definition) is 8. The van der Waals surface area contributed by atoms with E-state index in [2.05, 4.69) is 25.6 Å². The summed E-state index contributed by atoms with van der Waals surface area (Å²) in [6.07, 6.45) is 2.11. The molecule has 4 rings (SSSR count). The molecular formula is C18H13F2N5O2S2. The fourth-order valence-corrected chi connectivity index (χ4v) is 4.00. The van der Waals surface area contributed by atoms with Crippen LogP contribution < -0.4 is 10.6 Å². The first-order valence-electron chi connectivity index (χ1n) is 8.21. The van der Waals surface area contributed by atoms with Crippen molar-refractivity contribution in [2.24, 2.45) is 0 Å². The second-order valence-electron chi connectivity index (χ2n) is 6.07. The Labute approximate surface area is 168 Å². The lowest BCUT2D eigenvalue weighted by Gasteiger charge is -2.08. The van der Waals surface area contributed by atoms with Crippen molar-refractivity contribution in [2.75, 3.05) is 16.9 Å². The highest BCUT2D eigenvalue weighted by Gasteiger charge is 2.12. The van der Waals surface area contributed by atoms with Crippen molar-refractivity contribution in [3.8, 4) is 0 Å². The largest absolute Gasteiger partial charge is 0.324 e. The number of hydrogen-bond donors (Lipinski definition) is 2. The number of benzene rings is 2. The number of sulfone groups is 1. The highest BCUT2D eigenvalue weighted by Crippen LogP contribution is 2.29. The second kappa shape index (κ2) is 7.33. The molecule has 0 bridgehead atoms. The smallest absolute Gasteiger partial charge is 0.229 e. The number of nitrogens with zero attached hydrogens (tertiary/aromatic N) is 3. The fraction of sp³-hybridized carbons (Fsp3) is 0.0556. The molecule has 4 aromatic rings. The van der Waals surface area contributed by atoms with Crippen LogP contribution in [0.2, 0.25) is 0 Å². The maximum atomic E-state index is 14.1. The monoisotopic (exact) mass is 433 g/mol. The Morgan fingerprint density at radius 2 is 1.76 bits per heavy atom. The van der Waals surface area contributed by atoms with Gasteiger partial charge in [-0.15, -0.1) is 0 Å². The number of nitrogens with one attached hydrogen (secondary N) is 2. The number of thiazole rings is 1. The van der Waals surface area contributed by atoms with Gasteiger partial charge < -0.3 is 10.6 Å². The van der Waals surface area contributed by atoms with Gasteiger partial charge in [0.1, 0.15) is 5.82 Å². The summed E-state index contributed by atoms with van der Waals surface area (Å²) >= 11 is 1.16. The van der Waals surface area contributed by atoms with Crippen LogP contribution in [0.4, 0.5) is 31.4 Å². The number of rotatable bonds is 5. The van der Waals surface area contributed by atoms with Crippen LogP contribution in [0.15, 0.2) is 53.6 Å². The minimum Gasteiger partial charge on any atom is -0.324 e. The minimum atomic E-state index is -3.30. The Bertz CT molecular complexity index is 1310. The van der Waals surface area contributed by atoms with Crippen LogP contribution >= 0.6 is 11.3 Å². The third-order valence-corrected chi connectivity index (χ3v) is 5.92. The third-order valence-electron chi connectivity index (χ3n) is 3.86. The molecule has 2 N–H and O–H groups in total. The molecule has 0 amide bonds. The summed E-state index contributed by atoms with van der Waals surface area (Å²) < 4.78 is 51.1. The SMILES string of the molecule is CS(=O)(=O)c1ccc(Nc2ncc(F)c(Nc3nc4ccc(F)cc4s3)n2)cc1. The Morgan fingerprint density at radius 1 is 1.00 bits per heavy atom. The molecule has 0 fully saturated rings. The average Bonchev–Trinajstić information content (AvgIpc) is 3.05. The van der Waals surface area contributed by atoms with Crippen molar-refractivity contribution >= 4 is 54.0 Å². The Hall–Kier alpha value is -3.18. The molecule has 7 nitrogen and oxygen atoms in total. The maximum Gasteiger partial charge on any atom is 0.229 e. The fourth-order valence-electron chi connectivity index (χ4n) is 2.48. The van der Waals surface area contributed by atoms with Gasteiger partial charge in [0.2, 0.25) is 5.95 Å². The summed E-state index contributed by atoms with van der Waals surface area (Å²) in [5.41, 5.74) is 1.11. The van der Waals surface area contributed by atoms with Gasteiger partial charge in [-0.25, -0.2) is 27.2 Å². The molecule has 11 heteroatoms. The summed E-state index contributed by atoms with van der Waals surface area (Å²) in [6.45, 7) is 0. The predicted octanol–water partition coefficient (Wildman–Crippen LogP) is 4.26. The lowest BCUT2D eigenvalue weighted by molar-refractivity contribution is 0.602. The van der Waals surface area contributed by atoms with Gasteiger partial charge in [-0.1, -0.05) is 11.3 Å². The summed E-state index contributed by atoms with van der Waals surface area (Å²) in [5, 5.41) is 6.01. The number of anilines is 4. The van der Waals surface area contributed by atoms with Crippen LogP contribution in [0, 0.1) is 11.6 Å². The van der Waals surface area contributed by atoms with Gasteiger partial charge in [-0.05, 0) is 42.5 Å². The van der Waals surface area contributed by atoms with Gasteiger partial charge in [0, 0.05) is 11.9 Å². The normalized spacial score (nSPS) is 11.6. The van der Waals surface area contributed by atoms with E-state index in [0.29, 0.717) is 21.0 Å². The van der Waals surface area contributed by atoms with E-state index < -0.39 is 15.7 Å². The summed E-state index contributed by atoms with van der Waals surface area (Å²) in [6, 6.07) is 10.2. The zero-order valence-electron chi connectivity index (χ0n) is 14.8. The van der Waals surface area contributed by atoms with E-state index in [4.69, 9.17) is 0 Å². The van der Waals surface area contributed by atoms with Gasteiger partial charge in [0.25, 0.3) is 0 Å². The lowest BCUT2D eigenvalue weighted by atomic mass is 10.3. The van der Waals surface area contributed by atoms with Crippen LogP contribution in [0.1, 0.15) is 0 Å². The lowest BCUT2D eigenvalue weighted by Crippen LogP contribution is -2.03. The molecule has 2 heterocycles. The Balaban J connectivity index is 1.57. The minimum absolute atomic E-state index is 0.102. The molecule has 2 aromatic heterocycles. The molecule has 0 saturated carbocycles. The molecule has 0 spiro atoms. The quantitative estimate of drug-likeness (QED) is 0.485. The first kappa shape index (κ1) is 19.2. The second-order valence-corrected chi connectivity index (χ2v) is 9.11. The molecular weight excluding hydrogens is 420 g/mol. The zero-order valence-corrected chi connectivity index (χ0v) is 16.5. The molecule has 0 saturated heterocycles. The molecule has 2 aromatic carbocycles. The van der Waals surface area contributed by atoms with Gasteiger partial charge in [-0.3, -0.25) is 0 Å². The van der Waals surface area contributed by atoms with E-state index in [-0.39, 0.29) is 22.5 Å². The van der Waals surface area contributed by atoms with Crippen LogP contribution in [-0.4, -0.2) is 29.6 Å². The van der Waals surface area contributed by atoms with E-state index in [1.54, 1.807) is 12.1 Å². The molecule has 0 radical (unpaired) electrons. The third kappa shape index (κ3) is 4.30. The van der Waals surface area contributed by atoms with E-state index in [1.165, 1.54) is 30.3 Å². The standard InChI is InChI=1S/C18H13F2N5O2S2/c1-29(26,27)12-5-3-11(4-6-12)22-17-21-9-13(20)16(24-17)25-18-23-14-7-2-10(19)8-15(14)28-18/h2-9H,1H3,(H2,21,22,23,24,25). The van der Waals surface area contributed by atoms with Crippen molar-refractivity contribution < 1.29 is 17.2 Å². The van der Waals surface area contributed by atoms with Gasteiger partial charge in [0.15, 0.2) is 26.6 Å². The van der Waals surface area contributed by atoms with Crippen molar-refractivity contribution in [1.29, 1.82) is 0 Å². The molecule has 0 aliphatic heterocycles. The van der Waals surface area contributed by atoms with E-state index >= 15 is 0 Å². The number of aromatic nitrogens is 3. The van der Waals surface area contributed by atoms with Crippen molar-refractivity contribution in [2.45, 2.75) is 4.90 Å². The van der Waals surface area contributed by atoms with Crippen LogP contribution in [0.3, 0.4) is 0 Å². The molecule has 0 unspecified atom stereocenters. The first-order chi connectivity index (χ1) is 13.8.